The lowest BCUT2D eigenvalue weighted by molar-refractivity contribution is -0.135. The Morgan fingerprint density at radius 2 is 1.56 bits per heavy atom. The number of amides is 2. The van der Waals surface area contributed by atoms with E-state index in [4.69, 9.17) is 23.2 Å². The van der Waals surface area contributed by atoms with Gasteiger partial charge in [0.1, 0.15) is 6.04 Å². The van der Waals surface area contributed by atoms with E-state index >= 15 is 0 Å². The molecule has 11 heteroatoms. The highest BCUT2D eigenvalue weighted by atomic mass is 35.5. The number of para-hydroxylation sites is 1. The Kier molecular flexibility index (Phi) is 12.3. The summed E-state index contributed by atoms with van der Waals surface area (Å²) in [6, 6.07) is 16.9. The zero-order valence-corrected chi connectivity index (χ0v) is 28.4. The molecule has 0 spiro atoms. The molecule has 1 saturated heterocycles. The lowest BCUT2D eigenvalue weighted by Gasteiger charge is -2.24. The third-order valence-electron chi connectivity index (χ3n) is 8.23. The van der Waals surface area contributed by atoms with Crippen LogP contribution in [0.4, 0.5) is 5.69 Å². The van der Waals surface area contributed by atoms with E-state index in [9.17, 15) is 18.0 Å². The number of carbonyl (C=O) groups excluding carboxylic acids is 2. The van der Waals surface area contributed by atoms with Gasteiger partial charge >= 0.3 is 0 Å². The van der Waals surface area contributed by atoms with Gasteiger partial charge in [-0.15, -0.1) is 0 Å². The molecule has 1 aliphatic heterocycles. The van der Waals surface area contributed by atoms with Gasteiger partial charge in [-0.2, -0.15) is 0 Å². The first-order chi connectivity index (χ1) is 21.5. The van der Waals surface area contributed by atoms with Crippen molar-refractivity contribution in [3.05, 3.63) is 87.4 Å². The van der Waals surface area contributed by atoms with Gasteiger partial charge in [0, 0.05) is 44.0 Å². The molecule has 1 heterocycles. The van der Waals surface area contributed by atoms with E-state index in [0.717, 1.165) is 38.0 Å². The molecule has 3 aromatic rings. The first kappa shape index (κ1) is 34.8. The summed E-state index contributed by atoms with van der Waals surface area (Å²) in [6.07, 6.45) is 2.35. The molecule has 1 fully saturated rings. The van der Waals surface area contributed by atoms with Crippen LogP contribution in [0.2, 0.25) is 10.0 Å². The van der Waals surface area contributed by atoms with Gasteiger partial charge in [-0.1, -0.05) is 73.4 Å². The predicted molar refractivity (Wildman–Crippen MR) is 181 cm³/mol. The van der Waals surface area contributed by atoms with Crippen LogP contribution in [0.3, 0.4) is 0 Å². The highest BCUT2D eigenvalue weighted by molar-refractivity contribution is 7.91. The average molecular weight is 674 g/mol. The van der Waals surface area contributed by atoms with Crippen LogP contribution < -0.4 is 10.6 Å². The number of hydrogen-bond acceptors (Lipinski definition) is 6. The van der Waals surface area contributed by atoms with Crippen molar-refractivity contribution in [1.82, 2.24) is 15.1 Å². The summed E-state index contributed by atoms with van der Waals surface area (Å²) < 4.78 is 27.1. The molecule has 8 nitrogen and oxygen atoms in total. The molecule has 1 atom stereocenters. The molecular formula is C34H42Cl2N4O4S. The molecule has 0 saturated carbocycles. The van der Waals surface area contributed by atoms with Gasteiger partial charge in [-0.05, 0) is 73.8 Å². The minimum absolute atomic E-state index is 0.0394. The highest BCUT2D eigenvalue weighted by Gasteiger charge is 2.29. The zero-order chi connectivity index (χ0) is 32.6. The number of hydrogen-bond donors (Lipinski definition) is 2. The number of carbonyl (C=O) groups is 2. The van der Waals surface area contributed by atoms with Gasteiger partial charge in [0.15, 0.2) is 0 Å². The second kappa shape index (κ2) is 15.9. The summed E-state index contributed by atoms with van der Waals surface area (Å²) in [6.45, 7) is 10.3. The van der Waals surface area contributed by atoms with Crippen molar-refractivity contribution in [3.63, 3.8) is 0 Å². The van der Waals surface area contributed by atoms with Crippen LogP contribution in [0.1, 0.15) is 49.8 Å². The number of benzene rings is 3. The molecule has 0 aliphatic carbocycles. The van der Waals surface area contributed by atoms with E-state index in [1.807, 2.05) is 17.0 Å². The summed E-state index contributed by atoms with van der Waals surface area (Å²) in [4.78, 5) is 30.7. The number of likely N-dealkylation sites (tertiary alicyclic amines) is 1. The number of anilines is 1. The Morgan fingerprint density at radius 1 is 0.911 bits per heavy atom. The summed E-state index contributed by atoms with van der Waals surface area (Å²) in [5.41, 5.74) is 3.01. The van der Waals surface area contributed by atoms with Gasteiger partial charge in [-0.25, -0.2) is 8.42 Å². The van der Waals surface area contributed by atoms with E-state index in [2.05, 4.69) is 41.5 Å². The Morgan fingerprint density at radius 3 is 2.22 bits per heavy atom. The van der Waals surface area contributed by atoms with Crippen LogP contribution in [0.25, 0.3) is 0 Å². The Hall–Kier alpha value is -3.11. The summed E-state index contributed by atoms with van der Waals surface area (Å²) >= 11 is 12.5. The van der Waals surface area contributed by atoms with Gasteiger partial charge in [0.25, 0.3) is 0 Å². The molecule has 2 N–H and O–H groups in total. The largest absolute Gasteiger partial charge is 0.383 e. The quantitative estimate of drug-likeness (QED) is 0.214. The number of nitrogens with one attached hydrogen (secondary N) is 2. The van der Waals surface area contributed by atoms with Gasteiger partial charge < -0.3 is 15.5 Å². The molecule has 4 rings (SSSR count). The maximum Gasteiger partial charge on any atom is 0.245 e. The van der Waals surface area contributed by atoms with Crippen molar-refractivity contribution in [2.24, 2.45) is 0 Å². The van der Waals surface area contributed by atoms with Crippen molar-refractivity contribution in [2.45, 2.75) is 68.8 Å². The van der Waals surface area contributed by atoms with E-state index in [1.165, 1.54) is 23.8 Å². The second-order valence-electron chi connectivity index (χ2n) is 11.3. The predicted octanol–water partition coefficient (Wildman–Crippen LogP) is 6.13. The molecule has 0 radical (unpaired) electrons. The van der Waals surface area contributed by atoms with E-state index in [-0.39, 0.29) is 39.6 Å². The smallest absolute Gasteiger partial charge is 0.245 e. The maximum atomic E-state index is 13.6. The van der Waals surface area contributed by atoms with Crippen LogP contribution in [-0.2, 0) is 32.4 Å². The standard InChI is InChI=1S/C34H42Cl2N4O4S/c1-4-39(5-2)23-26-14-12-25(13-15-26)22-29(34(42)40-20-8-9-21-40)38-32(41)18-19-37-28-10-6-7-11-30(28)45(43,44)31-17-16-27(35)24(3)33(31)36/h6-7,10-17,29,37H,4-5,8-9,18-23H2,1-3H3,(H,38,41). The fraction of sp³-hybridized carbons (Fsp3) is 0.412. The first-order valence-electron chi connectivity index (χ1n) is 15.5. The molecule has 242 valence electrons. The van der Waals surface area contributed by atoms with Gasteiger partial charge in [-0.3, -0.25) is 14.5 Å². The Labute approximate surface area is 277 Å². The normalized spacial score (nSPS) is 14.0. The number of halogens is 2. The van der Waals surface area contributed by atoms with Crippen LogP contribution in [-0.4, -0.2) is 68.8 Å². The minimum Gasteiger partial charge on any atom is -0.383 e. The minimum atomic E-state index is -3.98. The first-order valence-corrected chi connectivity index (χ1v) is 17.7. The topological polar surface area (TPSA) is 98.8 Å². The van der Waals surface area contributed by atoms with Crippen LogP contribution in [0, 0.1) is 6.92 Å². The fourth-order valence-corrected chi connectivity index (χ4v) is 7.70. The lowest BCUT2D eigenvalue weighted by Crippen LogP contribution is -2.49. The summed E-state index contributed by atoms with van der Waals surface area (Å²) in [7, 11) is -3.98. The molecule has 1 unspecified atom stereocenters. The van der Waals surface area contributed by atoms with E-state index in [1.54, 1.807) is 25.1 Å². The molecule has 45 heavy (non-hydrogen) atoms. The van der Waals surface area contributed by atoms with Crippen LogP contribution in [0.5, 0.6) is 0 Å². The van der Waals surface area contributed by atoms with Crippen molar-refractivity contribution < 1.29 is 18.0 Å². The number of nitrogens with zero attached hydrogens (tertiary/aromatic N) is 2. The molecular weight excluding hydrogens is 631 g/mol. The van der Waals surface area contributed by atoms with Crippen molar-refractivity contribution in [3.8, 4) is 0 Å². The Bertz CT molecular complexity index is 1590. The number of sulfone groups is 1. The van der Waals surface area contributed by atoms with E-state index in [0.29, 0.717) is 35.8 Å². The van der Waals surface area contributed by atoms with Crippen molar-refractivity contribution >= 4 is 50.5 Å². The molecule has 3 aromatic carbocycles. The third-order valence-corrected chi connectivity index (χ3v) is 11.1. The van der Waals surface area contributed by atoms with E-state index < -0.39 is 15.9 Å². The highest BCUT2D eigenvalue weighted by Crippen LogP contribution is 2.35. The summed E-state index contributed by atoms with van der Waals surface area (Å²) in [5, 5.41) is 6.51. The number of rotatable bonds is 14. The van der Waals surface area contributed by atoms with Gasteiger partial charge in [0.05, 0.1) is 20.5 Å². The Balaban J connectivity index is 1.43. The average Bonchev–Trinajstić information content (AvgIpc) is 3.58. The van der Waals surface area contributed by atoms with Crippen LogP contribution in [0.15, 0.2) is 70.5 Å². The lowest BCUT2D eigenvalue weighted by atomic mass is 10.0. The molecule has 2 amide bonds. The maximum absolute atomic E-state index is 13.6. The summed E-state index contributed by atoms with van der Waals surface area (Å²) in [5.74, 6) is -0.373. The van der Waals surface area contributed by atoms with Crippen LogP contribution >= 0.6 is 23.2 Å². The van der Waals surface area contributed by atoms with Crippen molar-refractivity contribution in [1.29, 1.82) is 0 Å². The molecule has 0 bridgehead atoms. The molecule has 0 aromatic heterocycles. The second-order valence-corrected chi connectivity index (χ2v) is 14.0. The zero-order valence-electron chi connectivity index (χ0n) is 26.1. The third kappa shape index (κ3) is 8.79. The molecule has 1 aliphatic rings. The fourth-order valence-electron chi connectivity index (χ4n) is 5.47. The van der Waals surface area contributed by atoms with Gasteiger partial charge in [0.2, 0.25) is 21.7 Å². The monoisotopic (exact) mass is 672 g/mol. The SMILES string of the molecule is CCN(CC)Cc1ccc(CC(NC(=O)CCNc2ccccc2S(=O)(=O)c2ccc(Cl)c(C)c2Cl)C(=O)N2CCCC2)cc1. The van der Waals surface area contributed by atoms with Crippen molar-refractivity contribution in [2.75, 3.05) is 38.0 Å².